The Labute approximate surface area is 149 Å². The molecule has 1 aromatic carbocycles. The smallest absolute Gasteiger partial charge is 0.410 e. The minimum absolute atomic E-state index is 0.0622. The normalized spacial score (nSPS) is 17.7. The number of piperidine rings is 1. The number of rotatable bonds is 4. The van der Waals surface area contributed by atoms with Crippen molar-refractivity contribution >= 4 is 12.2 Å². The minimum atomic E-state index is -0.527. The number of ether oxygens (including phenoxy) is 2. The van der Waals surface area contributed by atoms with Crippen molar-refractivity contribution in [3.63, 3.8) is 0 Å². The first-order valence-electron chi connectivity index (χ1n) is 8.79. The number of nitrogens with zero attached hydrogens (tertiary/aromatic N) is 1. The average molecular weight is 348 g/mol. The second-order valence-corrected chi connectivity index (χ2v) is 7.27. The van der Waals surface area contributed by atoms with Gasteiger partial charge in [-0.1, -0.05) is 30.3 Å². The van der Waals surface area contributed by atoms with E-state index in [0.717, 1.165) is 24.8 Å². The highest BCUT2D eigenvalue weighted by molar-refractivity contribution is 5.69. The standard InChI is InChI=1S/C19H28N2O4/c1-19(2,3)25-18(23)21-12-8-7-11-16(21)13-20-17(22)24-14-15-9-5-4-6-10-15/h4-6,9-10,16H,7-8,11-14H2,1-3H3,(H,20,22)/t16-/m1/s1. The van der Waals surface area contributed by atoms with Crippen LogP contribution in [-0.4, -0.2) is 41.8 Å². The fraction of sp³-hybridized carbons (Fsp3) is 0.579. The molecule has 1 saturated heterocycles. The Morgan fingerprint density at radius 1 is 1.20 bits per heavy atom. The molecule has 1 aromatic rings. The van der Waals surface area contributed by atoms with Crippen molar-refractivity contribution in [1.29, 1.82) is 0 Å². The third kappa shape index (κ3) is 6.64. The Morgan fingerprint density at radius 3 is 2.60 bits per heavy atom. The van der Waals surface area contributed by atoms with Gasteiger partial charge in [-0.15, -0.1) is 0 Å². The summed E-state index contributed by atoms with van der Waals surface area (Å²) in [5.41, 5.74) is 0.409. The molecule has 0 spiro atoms. The lowest BCUT2D eigenvalue weighted by atomic mass is 10.0. The molecule has 0 aromatic heterocycles. The maximum Gasteiger partial charge on any atom is 0.410 e. The molecule has 25 heavy (non-hydrogen) atoms. The van der Waals surface area contributed by atoms with E-state index in [4.69, 9.17) is 9.47 Å². The number of amides is 2. The third-order valence-electron chi connectivity index (χ3n) is 3.95. The van der Waals surface area contributed by atoms with Crippen LogP contribution in [0.2, 0.25) is 0 Å². The van der Waals surface area contributed by atoms with Crippen molar-refractivity contribution in [1.82, 2.24) is 10.2 Å². The first-order chi connectivity index (χ1) is 11.8. The SMILES string of the molecule is CC(C)(C)OC(=O)N1CCCC[C@@H]1CNC(=O)OCc1ccccc1. The number of carbonyl (C=O) groups excluding carboxylic acids is 2. The lowest BCUT2D eigenvalue weighted by molar-refractivity contribution is 0.00973. The predicted octanol–water partition coefficient (Wildman–Crippen LogP) is 3.70. The molecule has 0 saturated carbocycles. The number of hydrogen-bond acceptors (Lipinski definition) is 4. The van der Waals surface area contributed by atoms with Crippen LogP contribution in [0.5, 0.6) is 0 Å². The molecule has 1 aliphatic heterocycles. The van der Waals surface area contributed by atoms with Crippen molar-refractivity contribution in [2.24, 2.45) is 0 Å². The highest BCUT2D eigenvalue weighted by atomic mass is 16.6. The molecule has 2 rings (SSSR count). The van der Waals surface area contributed by atoms with Crippen molar-refractivity contribution in [2.45, 2.75) is 58.3 Å². The molecule has 0 radical (unpaired) electrons. The van der Waals surface area contributed by atoms with Crippen LogP contribution in [0.3, 0.4) is 0 Å². The molecule has 2 amide bonds. The van der Waals surface area contributed by atoms with Gasteiger partial charge in [0.25, 0.3) is 0 Å². The molecular weight excluding hydrogens is 320 g/mol. The Morgan fingerprint density at radius 2 is 1.92 bits per heavy atom. The van der Waals surface area contributed by atoms with Gasteiger partial charge in [-0.05, 0) is 45.6 Å². The average Bonchev–Trinajstić information content (AvgIpc) is 2.58. The van der Waals surface area contributed by atoms with Gasteiger partial charge < -0.3 is 19.7 Å². The van der Waals surface area contributed by atoms with E-state index in [1.165, 1.54) is 0 Å². The number of carbonyl (C=O) groups is 2. The van der Waals surface area contributed by atoms with Crippen molar-refractivity contribution < 1.29 is 19.1 Å². The highest BCUT2D eigenvalue weighted by Crippen LogP contribution is 2.20. The van der Waals surface area contributed by atoms with E-state index < -0.39 is 11.7 Å². The second-order valence-electron chi connectivity index (χ2n) is 7.27. The van der Waals surface area contributed by atoms with Crippen molar-refractivity contribution in [2.75, 3.05) is 13.1 Å². The lowest BCUT2D eigenvalue weighted by Crippen LogP contribution is -2.50. The first kappa shape index (κ1) is 19.1. The largest absolute Gasteiger partial charge is 0.445 e. The fourth-order valence-electron chi connectivity index (χ4n) is 2.75. The monoisotopic (exact) mass is 348 g/mol. The third-order valence-corrected chi connectivity index (χ3v) is 3.95. The summed E-state index contributed by atoms with van der Waals surface area (Å²) in [5, 5.41) is 2.76. The first-order valence-corrected chi connectivity index (χ1v) is 8.79. The summed E-state index contributed by atoms with van der Waals surface area (Å²) < 4.78 is 10.7. The summed E-state index contributed by atoms with van der Waals surface area (Å²) >= 11 is 0. The fourth-order valence-corrected chi connectivity index (χ4v) is 2.75. The zero-order valence-electron chi connectivity index (χ0n) is 15.3. The number of nitrogens with one attached hydrogen (secondary N) is 1. The van der Waals surface area contributed by atoms with Gasteiger partial charge in [-0.2, -0.15) is 0 Å². The summed E-state index contributed by atoms with van der Waals surface area (Å²) in [6.45, 7) is 6.80. The van der Waals surface area contributed by atoms with Crippen molar-refractivity contribution in [3.05, 3.63) is 35.9 Å². The van der Waals surface area contributed by atoms with Crippen LogP contribution in [0.15, 0.2) is 30.3 Å². The molecule has 0 bridgehead atoms. The second kappa shape index (κ2) is 8.74. The maximum absolute atomic E-state index is 12.3. The summed E-state index contributed by atoms with van der Waals surface area (Å²) in [7, 11) is 0. The molecule has 6 heteroatoms. The van der Waals surface area contributed by atoms with Gasteiger partial charge in [0, 0.05) is 13.1 Å². The van der Waals surface area contributed by atoms with Crippen LogP contribution in [0.25, 0.3) is 0 Å². The maximum atomic E-state index is 12.3. The number of hydrogen-bond donors (Lipinski definition) is 1. The predicted molar refractivity (Wildman–Crippen MR) is 95.2 cm³/mol. The van der Waals surface area contributed by atoms with Gasteiger partial charge in [-0.25, -0.2) is 9.59 Å². The summed E-state index contributed by atoms with van der Waals surface area (Å²) in [6, 6.07) is 9.46. The van der Waals surface area contributed by atoms with Gasteiger partial charge in [0.15, 0.2) is 0 Å². The van der Waals surface area contributed by atoms with E-state index in [0.29, 0.717) is 13.1 Å². The van der Waals surface area contributed by atoms with Crippen molar-refractivity contribution in [3.8, 4) is 0 Å². The Kier molecular flexibility index (Phi) is 6.67. The van der Waals surface area contributed by atoms with Crippen LogP contribution >= 0.6 is 0 Å². The number of benzene rings is 1. The Balaban J connectivity index is 1.80. The topological polar surface area (TPSA) is 67.9 Å². The Bertz CT molecular complexity index is 569. The van der Waals surface area contributed by atoms with Gasteiger partial charge in [-0.3, -0.25) is 0 Å². The van der Waals surface area contributed by atoms with E-state index in [2.05, 4.69) is 5.32 Å². The molecule has 1 heterocycles. The van der Waals surface area contributed by atoms with Crippen LogP contribution in [0.4, 0.5) is 9.59 Å². The summed E-state index contributed by atoms with van der Waals surface area (Å²) in [6.07, 6.45) is 2.03. The van der Waals surface area contributed by atoms with Gasteiger partial charge >= 0.3 is 12.2 Å². The summed E-state index contributed by atoms with van der Waals surface area (Å²) in [4.78, 5) is 26.0. The zero-order valence-corrected chi connectivity index (χ0v) is 15.3. The molecule has 6 nitrogen and oxygen atoms in total. The minimum Gasteiger partial charge on any atom is -0.445 e. The van der Waals surface area contributed by atoms with E-state index >= 15 is 0 Å². The highest BCUT2D eigenvalue weighted by Gasteiger charge is 2.30. The lowest BCUT2D eigenvalue weighted by Gasteiger charge is -2.36. The van der Waals surface area contributed by atoms with E-state index in [1.54, 1.807) is 4.90 Å². The molecule has 0 aliphatic carbocycles. The van der Waals surface area contributed by atoms with Crippen LogP contribution in [-0.2, 0) is 16.1 Å². The molecular formula is C19H28N2O4. The van der Waals surface area contributed by atoms with E-state index in [1.807, 2.05) is 51.1 Å². The molecule has 138 valence electrons. The van der Waals surface area contributed by atoms with Gasteiger partial charge in [0.1, 0.15) is 12.2 Å². The van der Waals surface area contributed by atoms with Crippen LogP contribution in [0.1, 0.15) is 45.6 Å². The van der Waals surface area contributed by atoms with Crippen LogP contribution < -0.4 is 5.32 Å². The molecule has 1 atom stereocenters. The van der Waals surface area contributed by atoms with E-state index in [9.17, 15) is 9.59 Å². The van der Waals surface area contributed by atoms with Gasteiger partial charge in [0.2, 0.25) is 0 Å². The molecule has 0 unspecified atom stereocenters. The van der Waals surface area contributed by atoms with E-state index in [-0.39, 0.29) is 18.7 Å². The molecule has 1 N–H and O–H groups in total. The van der Waals surface area contributed by atoms with Crippen LogP contribution in [0, 0.1) is 0 Å². The number of likely N-dealkylation sites (tertiary alicyclic amines) is 1. The molecule has 1 fully saturated rings. The molecule has 1 aliphatic rings. The van der Waals surface area contributed by atoms with Gasteiger partial charge in [0.05, 0.1) is 6.04 Å². The number of alkyl carbamates (subject to hydrolysis) is 1. The Hall–Kier alpha value is -2.24. The summed E-state index contributed by atoms with van der Waals surface area (Å²) in [5.74, 6) is 0. The zero-order chi connectivity index (χ0) is 18.3. The quantitative estimate of drug-likeness (QED) is 0.901.